The molecule has 0 aliphatic carbocycles. The van der Waals surface area contributed by atoms with Crippen molar-refractivity contribution in [2.24, 2.45) is 0 Å². The first kappa shape index (κ1) is 9.28. The van der Waals surface area contributed by atoms with E-state index in [1.807, 2.05) is 0 Å². The molecule has 1 aromatic rings. The molecule has 1 atom stereocenters. The number of piperazine rings is 1. The number of nitrogens with zero attached hydrogens (tertiary/aromatic N) is 2. The summed E-state index contributed by atoms with van der Waals surface area (Å²) in [6, 6.07) is 0.703. The van der Waals surface area contributed by atoms with Gasteiger partial charge in [0.15, 0.2) is 0 Å². The van der Waals surface area contributed by atoms with Crippen molar-refractivity contribution in [2.75, 3.05) is 30.9 Å². The number of imide groups is 1. The van der Waals surface area contributed by atoms with Crippen LogP contribution in [0.3, 0.4) is 0 Å². The fraction of sp³-hybridized carbons (Fsp3) is 0.471. The normalized spacial score (nSPS) is 36.5. The molecule has 3 aliphatic rings. The van der Waals surface area contributed by atoms with Crippen LogP contribution in [-0.4, -0.2) is 54.7 Å². The van der Waals surface area contributed by atoms with E-state index < -0.39 is 61.3 Å². The van der Waals surface area contributed by atoms with E-state index in [4.69, 9.17) is 11.0 Å². The average Bonchev–Trinajstić information content (AvgIpc) is 2.95. The van der Waals surface area contributed by atoms with Gasteiger partial charge in [-0.05, 0) is 24.1 Å². The first-order chi connectivity index (χ1) is 15.0. The minimum absolute atomic E-state index is 0.00149. The van der Waals surface area contributed by atoms with Crippen LogP contribution in [0.25, 0.3) is 0 Å². The fourth-order valence-electron chi connectivity index (χ4n) is 3.09. The smallest absolute Gasteiger partial charge is 0.255 e. The van der Waals surface area contributed by atoms with E-state index in [9.17, 15) is 14.4 Å². The number of carbonyl (C=O) groups is 3. The van der Waals surface area contributed by atoms with E-state index in [1.54, 1.807) is 5.32 Å². The molecule has 3 aliphatic heterocycles. The molecule has 0 bridgehead atoms. The molecular formula is C17H19FN4O3. The van der Waals surface area contributed by atoms with Crippen LogP contribution in [0, 0.1) is 5.82 Å². The lowest BCUT2D eigenvalue weighted by Gasteiger charge is -2.30. The Morgan fingerprint density at radius 3 is 2.68 bits per heavy atom. The van der Waals surface area contributed by atoms with E-state index in [0.29, 0.717) is 0 Å². The average molecular weight is 354 g/mol. The summed E-state index contributed by atoms with van der Waals surface area (Å²) >= 11 is 0. The second-order valence-electron chi connectivity index (χ2n) is 5.79. The van der Waals surface area contributed by atoms with Crippen molar-refractivity contribution in [2.45, 2.75) is 25.4 Å². The maximum Gasteiger partial charge on any atom is 0.255 e. The Bertz CT molecular complexity index is 1060. The van der Waals surface area contributed by atoms with Crippen molar-refractivity contribution in [1.82, 2.24) is 15.5 Å². The quantitative estimate of drug-likeness (QED) is 0.731. The van der Waals surface area contributed by atoms with Crippen LogP contribution < -0.4 is 15.5 Å². The Kier molecular flexibility index (Phi) is 2.27. The summed E-state index contributed by atoms with van der Waals surface area (Å²) in [5, 5.41) is 3.79. The highest BCUT2D eigenvalue weighted by Gasteiger charge is 2.39. The SMILES string of the molecule is [2H]C1([2H])NC([2H])([2H])C([2H])([2H])N(c2cc3c(cc2F)C(=O)N(C2CCC(=O)NC2=O)C3)C1([2H])[2H]. The van der Waals surface area contributed by atoms with Crippen LogP contribution in [0.1, 0.15) is 39.7 Å². The molecule has 2 N–H and O–H groups in total. The Balaban J connectivity index is 1.78. The molecule has 0 radical (unpaired) electrons. The van der Waals surface area contributed by atoms with Gasteiger partial charge < -0.3 is 15.1 Å². The van der Waals surface area contributed by atoms with Crippen molar-refractivity contribution in [3.05, 3.63) is 29.1 Å². The molecule has 2 fully saturated rings. The lowest BCUT2D eigenvalue weighted by Crippen LogP contribution is -2.52. The van der Waals surface area contributed by atoms with Gasteiger partial charge in [0.1, 0.15) is 11.9 Å². The molecule has 8 heteroatoms. The van der Waals surface area contributed by atoms with E-state index in [2.05, 4.69) is 5.32 Å². The number of carbonyl (C=O) groups excluding carboxylic acids is 3. The van der Waals surface area contributed by atoms with Gasteiger partial charge in [0, 0.05) is 50.0 Å². The molecule has 1 aromatic carbocycles. The van der Waals surface area contributed by atoms with Gasteiger partial charge in [-0.3, -0.25) is 19.7 Å². The van der Waals surface area contributed by atoms with Gasteiger partial charge in [-0.25, -0.2) is 4.39 Å². The highest BCUT2D eigenvalue weighted by molar-refractivity contribution is 6.05. The van der Waals surface area contributed by atoms with Gasteiger partial charge in [0.2, 0.25) is 11.8 Å². The number of amides is 3. The third-order valence-electron chi connectivity index (χ3n) is 4.29. The number of rotatable bonds is 2. The van der Waals surface area contributed by atoms with Crippen LogP contribution in [0.4, 0.5) is 10.1 Å². The summed E-state index contributed by atoms with van der Waals surface area (Å²) in [6.07, 6.45) is 0.0601. The molecule has 4 rings (SSSR count). The van der Waals surface area contributed by atoms with Crippen molar-refractivity contribution in [3.8, 4) is 0 Å². The topological polar surface area (TPSA) is 81.8 Å². The maximum absolute atomic E-state index is 15.2. The number of hydrogen-bond donors (Lipinski definition) is 2. The van der Waals surface area contributed by atoms with Crippen molar-refractivity contribution in [1.29, 1.82) is 0 Å². The summed E-state index contributed by atoms with van der Waals surface area (Å²) in [5.41, 5.74) is -0.813. The molecule has 1 unspecified atom stereocenters. The van der Waals surface area contributed by atoms with Crippen molar-refractivity contribution >= 4 is 23.4 Å². The van der Waals surface area contributed by atoms with Crippen LogP contribution in [0.5, 0.6) is 0 Å². The maximum atomic E-state index is 15.2. The summed E-state index contributed by atoms with van der Waals surface area (Å²) in [7, 11) is 0. The monoisotopic (exact) mass is 354 g/mol. The molecule has 7 nitrogen and oxygen atoms in total. The summed E-state index contributed by atoms with van der Waals surface area (Å²) in [6.45, 7) is -13.0. The zero-order chi connectivity index (χ0) is 24.7. The molecule has 0 saturated carbocycles. The molecule has 0 aromatic heterocycles. The Morgan fingerprint density at radius 1 is 1.20 bits per heavy atom. The summed E-state index contributed by atoms with van der Waals surface area (Å²) in [5.74, 6) is -3.15. The largest absolute Gasteiger partial charge is 0.367 e. The van der Waals surface area contributed by atoms with Crippen LogP contribution in [-0.2, 0) is 16.1 Å². The van der Waals surface area contributed by atoms with Crippen LogP contribution in [0.15, 0.2) is 12.1 Å². The number of halogens is 1. The third kappa shape index (κ3) is 2.76. The standard InChI is InChI=1S/C17H19FN4O3/c18-12-8-11-10(7-14(12)21-5-3-19-4-6-21)9-22(17(11)25)13-1-2-15(23)20-16(13)24/h7-8,13,19H,1-6,9H2,(H,20,23,24)/i3D2,4D2,5D2,6D2. The predicted octanol–water partition coefficient (Wildman–Crippen LogP) is -0.00370. The molecule has 0 spiro atoms. The van der Waals surface area contributed by atoms with Gasteiger partial charge in [0.05, 0.1) is 11.2 Å². The Hall–Kier alpha value is -2.48. The number of anilines is 1. The fourth-order valence-corrected chi connectivity index (χ4v) is 3.09. The molecule has 25 heavy (non-hydrogen) atoms. The first-order valence-electron chi connectivity index (χ1n) is 11.6. The lowest BCUT2D eigenvalue weighted by atomic mass is 10.0. The van der Waals surface area contributed by atoms with E-state index >= 15 is 4.39 Å². The number of piperidine rings is 1. The molecule has 3 heterocycles. The van der Waals surface area contributed by atoms with Crippen LogP contribution >= 0.6 is 0 Å². The number of hydrogen-bond acceptors (Lipinski definition) is 5. The lowest BCUT2D eigenvalue weighted by molar-refractivity contribution is -0.136. The minimum Gasteiger partial charge on any atom is -0.367 e. The van der Waals surface area contributed by atoms with Gasteiger partial charge in [-0.1, -0.05) is 0 Å². The number of fused-ring (bicyclic) bond motifs is 1. The zero-order valence-electron chi connectivity index (χ0n) is 20.9. The molecule has 132 valence electrons. The molecular weight excluding hydrogens is 327 g/mol. The van der Waals surface area contributed by atoms with Gasteiger partial charge in [-0.2, -0.15) is 0 Å². The van der Waals surface area contributed by atoms with Crippen molar-refractivity contribution < 1.29 is 29.7 Å². The summed E-state index contributed by atoms with van der Waals surface area (Å²) in [4.78, 5) is 37.6. The van der Waals surface area contributed by atoms with E-state index in [-0.39, 0.29) is 35.4 Å². The van der Waals surface area contributed by atoms with Gasteiger partial charge in [0.25, 0.3) is 5.91 Å². The van der Waals surface area contributed by atoms with Gasteiger partial charge in [-0.15, -0.1) is 0 Å². The third-order valence-corrected chi connectivity index (χ3v) is 4.29. The summed E-state index contributed by atoms with van der Waals surface area (Å²) < 4.78 is 79.3. The molecule has 2 saturated heterocycles. The minimum atomic E-state index is -3.25. The van der Waals surface area contributed by atoms with Crippen molar-refractivity contribution in [3.63, 3.8) is 0 Å². The second-order valence-corrected chi connectivity index (χ2v) is 5.79. The van der Waals surface area contributed by atoms with E-state index in [1.165, 1.54) is 0 Å². The number of nitrogens with one attached hydrogen (secondary N) is 2. The Morgan fingerprint density at radius 2 is 1.96 bits per heavy atom. The zero-order valence-corrected chi connectivity index (χ0v) is 12.9. The number of benzene rings is 1. The molecule has 3 amide bonds. The second kappa shape index (κ2) is 6.11. The predicted molar refractivity (Wildman–Crippen MR) is 87.5 cm³/mol. The highest BCUT2D eigenvalue weighted by Crippen LogP contribution is 2.32. The van der Waals surface area contributed by atoms with E-state index in [0.717, 1.165) is 17.0 Å². The Labute approximate surface area is 155 Å². The van der Waals surface area contributed by atoms with Gasteiger partial charge >= 0.3 is 0 Å². The highest BCUT2D eigenvalue weighted by atomic mass is 19.1. The van der Waals surface area contributed by atoms with Crippen LogP contribution in [0.2, 0.25) is 0 Å². The first-order valence-corrected chi connectivity index (χ1v) is 7.58.